The maximum absolute atomic E-state index is 10.8. The van der Waals surface area contributed by atoms with Crippen LogP contribution in [0.15, 0.2) is 24.3 Å². The molecule has 0 unspecified atom stereocenters. The summed E-state index contributed by atoms with van der Waals surface area (Å²) in [6.07, 6.45) is 4.02. The molecule has 0 amide bonds. The monoisotopic (exact) mass is 224 g/mol. The highest BCUT2D eigenvalue weighted by Gasteiger charge is 2.15. The summed E-state index contributed by atoms with van der Waals surface area (Å²) in [5.41, 5.74) is -0.0962. The molecule has 1 aromatic heterocycles. The molecule has 0 saturated heterocycles. The molecule has 15 heavy (non-hydrogen) atoms. The lowest BCUT2D eigenvalue weighted by Crippen LogP contribution is -2.20. The molecule has 1 aliphatic heterocycles. The molecule has 1 aliphatic rings. The molecule has 2 heterocycles. The Kier molecular flexibility index (Phi) is 2.60. The quantitative estimate of drug-likeness (QED) is 0.779. The third kappa shape index (κ3) is 1.94. The number of hydrogen-bond donors (Lipinski definition) is 1. The van der Waals surface area contributed by atoms with Gasteiger partial charge >= 0.3 is 5.97 Å². The van der Waals surface area contributed by atoms with Gasteiger partial charge < -0.3 is 10.0 Å². The third-order valence-corrected chi connectivity index (χ3v) is 2.48. The topological polar surface area (TPSA) is 53.4 Å². The van der Waals surface area contributed by atoms with Crippen molar-refractivity contribution in [1.29, 1.82) is 0 Å². The van der Waals surface area contributed by atoms with Crippen molar-refractivity contribution in [3.63, 3.8) is 0 Å². The van der Waals surface area contributed by atoms with Crippen LogP contribution in [0.25, 0.3) is 0 Å². The zero-order valence-electron chi connectivity index (χ0n) is 7.85. The first-order chi connectivity index (χ1) is 7.18. The minimum Gasteiger partial charge on any atom is -0.476 e. The first-order valence-electron chi connectivity index (χ1n) is 4.48. The Hall–Kier alpha value is -1.55. The smallest absolute Gasteiger partial charge is 0.356 e. The van der Waals surface area contributed by atoms with E-state index in [0.717, 1.165) is 13.1 Å². The molecule has 0 bridgehead atoms. The van der Waals surface area contributed by atoms with Crippen LogP contribution in [0.3, 0.4) is 0 Å². The number of nitrogens with zero attached hydrogens (tertiary/aromatic N) is 2. The Morgan fingerprint density at radius 1 is 1.40 bits per heavy atom. The lowest BCUT2D eigenvalue weighted by atomic mass is 10.3. The Morgan fingerprint density at radius 3 is 2.67 bits per heavy atom. The van der Waals surface area contributed by atoms with Crippen molar-refractivity contribution in [3.05, 3.63) is 35.0 Å². The second-order valence-electron chi connectivity index (χ2n) is 3.18. The third-order valence-electron chi connectivity index (χ3n) is 2.18. The van der Waals surface area contributed by atoms with E-state index in [4.69, 9.17) is 16.7 Å². The summed E-state index contributed by atoms with van der Waals surface area (Å²) < 4.78 is 0. The second kappa shape index (κ2) is 3.90. The Morgan fingerprint density at radius 2 is 2.07 bits per heavy atom. The fourth-order valence-electron chi connectivity index (χ4n) is 1.42. The number of anilines is 1. The van der Waals surface area contributed by atoms with E-state index < -0.39 is 5.97 Å². The van der Waals surface area contributed by atoms with Crippen molar-refractivity contribution in [1.82, 2.24) is 4.98 Å². The highest BCUT2D eigenvalue weighted by Crippen LogP contribution is 2.20. The van der Waals surface area contributed by atoms with Gasteiger partial charge in [-0.25, -0.2) is 9.78 Å². The van der Waals surface area contributed by atoms with Crippen molar-refractivity contribution < 1.29 is 9.90 Å². The number of rotatable bonds is 2. The van der Waals surface area contributed by atoms with Gasteiger partial charge in [-0.1, -0.05) is 23.8 Å². The summed E-state index contributed by atoms with van der Waals surface area (Å²) in [6.45, 7) is 1.52. The zero-order chi connectivity index (χ0) is 10.8. The molecule has 78 valence electrons. The molecular formula is C10H9ClN2O2. The molecule has 0 fully saturated rings. The molecule has 1 N–H and O–H groups in total. The Balaban J connectivity index is 2.33. The van der Waals surface area contributed by atoms with Gasteiger partial charge in [0.2, 0.25) is 0 Å². The molecule has 1 aromatic rings. The van der Waals surface area contributed by atoms with E-state index in [0.29, 0.717) is 5.82 Å². The molecule has 5 heteroatoms. The van der Waals surface area contributed by atoms with Crippen LogP contribution in [0.1, 0.15) is 10.5 Å². The highest BCUT2D eigenvalue weighted by molar-refractivity contribution is 6.33. The minimum absolute atomic E-state index is 0.0962. The molecule has 0 saturated carbocycles. The predicted molar refractivity (Wildman–Crippen MR) is 57.6 cm³/mol. The van der Waals surface area contributed by atoms with Crippen molar-refractivity contribution in [2.75, 3.05) is 18.0 Å². The second-order valence-corrected chi connectivity index (χ2v) is 3.59. The predicted octanol–water partition coefficient (Wildman–Crippen LogP) is 1.81. The lowest BCUT2D eigenvalue weighted by molar-refractivity contribution is 0.0691. The molecule has 4 nitrogen and oxygen atoms in total. The highest BCUT2D eigenvalue weighted by atomic mass is 35.5. The van der Waals surface area contributed by atoms with E-state index in [1.807, 2.05) is 17.1 Å². The van der Waals surface area contributed by atoms with Crippen molar-refractivity contribution in [3.8, 4) is 0 Å². The van der Waals surface area contributed by atoms with Gasteiger partial charge in [0.1, 0.15) is 5.82 Å². The summed E-state index contributed by atoms with van der Waals surface area (Å²) in [6, 6.07) is 3.29. The summed E-state index contributed by atoms with van der Waals surface area (Å²) in [5, 5.41) is 9.02. The summed E-state index contributed by atoms with van der Waals surface area (Å²) in [4.78, 5) is 16.8. The van der Waals surface area contributed by atoms with E-state index in [1.54, 1.807) is 12.1 Å². The standard InChI is InChI=1S/C10H9ClN2O2/c11-7-3-4-8(12-9(7)10(14)15)13-5-1-2-6-13/h1-4H,5-6H2,(H,14,15). The van der Waals surface area contributed by atoms with Gasteiger partial charge in [0, 0.05) is 13.1 Å². The first kappa shape index (κ1) is 9.98. The van der Waals surface area contributed by atoms with Crippen LogP contribution in [0.2, 0.25) is 5.02 Å². The van der Waals surface area contributed by atoms with Crippen LogP contribution in [0.4, 0.5) is 5.82 Å². The van der Waals surface area contributed by atoms with Crippen LogP contribution in [0, 0.1) is 0 Å². The summed E-state index contributed by atoms with van der Waals surface area (Å²) in [7, 11) is 0. The van der Waals surface area contributed by atoms with E-state index in [1.165, 1.54) is 0 Å². The Bertz CT molecular complexity index is 423. The molecule has 2 rings (SSSR count). The number of aromatic nitrogens is 1. The number of carboxylic acids is 1. The zero-order valence-corrected chi connectivity index (χ0v) is 8.61. The average Bonchev–Trinajstić information content (AvgIpc) is 2.71. The Labute approximate surface area is 91.8 Å². The number of carboxylic acid groups (broad SMARTS) is 1. The van der Waals surface area contributed by atoms with E-state index >= 15 is 0 Å². The maximum Gasteiger partial charge on any atom is 0.356 e. The van der Waals surface area contributed by atoms with Crippen molar-refractivity contribution in [2.24, 2.45) is 0 Å². The maximum atomic E-state index is 10.8. The van der Waals surface area contributed by atoms with Gasteiger partial charge in [0.15, 0.2) is 5.69 Å². The molecule has 0 spiro atoms. The van der Waals surface area contributed by atoms with Crippen LogP contribution < -0.4 is 4.90 Å². The average molecular weight is 225 g/mol. The molecular weight excluding hydrogens is 216 g/mol. The molecule has 0 radical (unpaired) electrons. The van der Waals surface area contributed by atoms with Crippen molar-refractivity contribution in [2.45, 2.75) is 0 Å². The van der Waals surface area contributed by atoms with Gasteiger partial charge in [-0.05, 0) is 12.1 Å². The minimum atomic E-state index is -1.10. The molecule has 0 atom stereocenters. The number of pyridine rings is 1. The van der Waals surface area contributed by atoms with Gasteiger partial charge in [-0.2, -0.15) is 0 Å². The lowest BCUT2D eigenvalue weighted by Gasteiger charge is -2.16. The van der Waals surface area contributed by atoms with Crippen LogP contribution in [-0.4, -0.2) is 29.1 Å². The number of aromatic carboxylic acids is 1. The van der Waals surface area contributed by atoms with E-state index in [9.17, 15) is 4.79 Å². The van der Waals surface area contributed by atoms with Gasteiger partial charge in [0.25, 0.3) is 0 Å². The molecule has 0 aliphatic carbocycles. The van der Waals surface area contributed by atoms with Gasteiger partial charge in [0.05, 0.1) is 5.02 Å². The first-order valence-corrected chi connectivity index (χ1v) is 4.86. The SMILES string of the molecule is O=C(O)c1nc(N2CC=CC2)ccc1Cl. The van der Waals surface area contributed by atoms with Crippen LogP contribution in [-0.2, 0) is 0 Å². The van der Waals surface area contributed by atoms with Gasteiger partial charge in [-0.15, -0.1) is 0 Å². The normalized spacial score (nSPS) is 14.6. The van der Waals surface area contributed by atoms with Crippen LogP contribution in [0.5, 0.6) is 0 Å². The fraction of sp³-hybridized carbons (Fsp3) is 0.200. The van der Waals surface area contributed by atoms with E-state index in [-0.39, 0.29) is 10.7 Å². The fourth-order valence-corrected chi connectivity index (χ4v) is 1.61. The number of carbonyl (C=O) groups is 1. The number of hydrogen-bond acceptors (Lipinski definition) is 3. The molecule has 0 aromatic carbocycles. The number of halogens is 1. The summed E-state index contributed by atoms with van der Waals surface area (Å²) in [5.74, 6) is -0.462. The van der Waals surface area contributed by atoms with Crippen molar-refractivity contribution >= 4 is 23.4 Å². The van der Waals surface area contributed by atoms with Gasteiger partial charge in [-0.3, -0.25) is 0 Å². The largest absolute Gasteiger partial charge is 0.476 e. The van der Waals surface area contributed by atoms with Crippen LogP contribution >= 0.6 is 11.6 Å². The summed E-state index contributed by atoms with van der Waals surface area (Å²) >= 11 is 5.72. The van der Waals surface area contributed by atoms with E-state index in [2.05, 4.69) is 4.98 Å².